The van der Waals surface area contributed by atoms with Crippen molar-refractivity contribution in [3.8, 4) is 11.3 Å². The highest BCUT2D eigenvalue weighted by Gasteiger charge is 2.22. The molecule has 2 aromatic rings. The van der Waals surface area contributed by atoms with Gasteiger partial charge in [0.25, 0.3) is 0 Å². The molecule has 5 heteroatoms. The predicted octanol–water partition coefficient (Wildman–Crippen LogP) is 2.69. The molecule has 0 spiro atoms. The van der Waals surface area contributed by atoms with E-state index in [1.54, 1.807) is 6.20 Å². The van der Waals surface area contributed by atoms with Gasteiger partial charge in [-0.1, -0.05) is 0 Å². The van der Waals surface area contributed by atoms with Crippen LogP contribution in [0.25, 0.3) is 11.3 Å². The fourth-order valence-corrected chi connectivity index (χ4v) is 2.88. The lowest BCUT2D eigenvalue weighted by atomic mass is 10.0. The number of hydrogen-bond donors (Lipinski definition) is 0. The SMILES string of the molecule is Cc1cnc(-c2cnn(C3CCN(C(C)C)CC3)c2)cn1. The molecule has 1 saturated heterocycles. The Morgan fingerprint density at radius 3 is 2.48 bits per heavy atom. The van der Waals surface area contributed by atoms with Crippen molar-refractivity contribution in [1.82, 2.24) is 24.6 Å². The number of likely N-dealkylation sites (tertiary alicyclic amines) is 1. The molecule has 0 N–H and O–H groups in total. The van der Waals surface area contributed by atoms with E-state index < -0.39 is 0 Å². The van der Waals surface area contributed by atoms with Gasteiger partial charge in [-0.3, -0.25) is 14.6 Å². The van der Waals surface area contributed by atoms with Gasteiger partial charge in [0.15, 0.2) is 0 Å². The van der Waals surface area contributed by atoms with Crippen molar-refractivity contribution in [1.29, 1.82) is 0 Å². The van der Waals surface area contributed by atoms with Crippen molar-refractivity contribution in [3.05, 3.63) is 30.5 Å². The van der Waals surface area contributed by atoms with E-state index >= 15 is 0 Å². The van der Waals surface area contributed by atoms with Gasteiger partial charge in [0.1, 0.15) is 0 Å². The number of aromatic nitrogens is 4. The van der Waals surface area contributed by atoms with E-state index in [1.807, 2.05) is 19.3 Å². The number of rotatable bonds is 3. The Morgan fingerprint density at radius 2 is 1.86 bits per heavy atom. The molecule has 1 aliphatic rings. The van der Waals surface area contributed by atoms with E-state index in [0.717, 1.165) is 30.0 Å². The summed E-state index contributed by atoms with van der Waals surface area (Å²) < 4.78 is 2.11. The average molecular weight is 285 g/mol. The van der Waals surface area contributed by atoms with Crippen molar-refractivity contribution in [3.63, 3.8) is 0 Å². The normalized spacial score (nSPS) is 17.5. The van der Waals surface area contributed by atoms with E-state index in [-0.39, 0.29) is 0 Å². The first-order valence-electron chi connectivity index (χ1n) is 7.70. The minimum Gasteiger partial charge on any atom is -0.301 e. The van der Waals surface area contributed by atoms with Crippen LogP contribution in [0, 0.1) is 6.92 Å². The monoisotopic (exact) mass is 285 g/mol. The first-order valence-corrected chi connectivity index (χ1v) is 7.70. The lowest BCUT2D eigenvalue weighted by molar-refractivity contribution is 0.147. The van der Waals surface area contributed by atoms with Gasteiger partial charge < -0.3 is 4.90 Å². The van der Waals surface area contributed by atoms with Gasteiger partial charge in [-0.05, 0) is 33.6 Å². The molecule has 3 heterocycles. The predicted molar refractivity (Wildman–Crippen MR) is 83.0 cm³/mol. The Labute approximate surface area is 126 Å². The molecule has 1 aliphatic heterocycles. The van der Waals surface area contributed by atoms with Gasteiger partial charge in [0.05, 0.1) is 29.8 Å². The Kier molecular flexibility index (Phi) is 4.01. The zero-order valence-electron chi connectivity index (χ0n) is 13.0. The number of nitrogens with zero attached hydrogens (tertiary/aromatic N) is 5. The molecule has 1 fully saturated rings. The summed E-state index contributed by atoms with van der Waals surface area (Å²) in [4.78, 5) is 11.3. The van der Waals surface area contributed by atoms with Gasteiger partial charge in [-0.2, -0.15) is 5.10 Å². The topological polar surface area (TPSA) is 46.8 Å². The molecule has 2 aromatic heterocycles. The van der Waals surface area contributed by atoms with Crippen molar-refractivity contribution >= 4 is 0 Å². The Bertz CT molecular complexity index is 579. The van der Waals surface area contributed by atoms with Crippen LogP contribution < -0.4 is 0 Å². The second kappa shape index (κ2) is 5.93. The summed E-state index contributed by atoms with van der Waals surface area (Å²) in [6, 6.07) is 1.15. The van der Waals surface area contributed by atoms with Crippen LogP contribution in [0.2, 0.25) is 0 Å². The summed E-state index contributed by atoms with van der Waals surface area (Å²) in [5, 5.41) is 4.54. The lowest BCUT2D eigenvalue weighted by Crippen LogP contribution is -2.39. The summed E-state index contributed by atoms with van der Waals surface area (Å²) in [7, 11) is 0. The molecule has 0 aliphatic carbocycles. The molecule has 0 aromatic carbocycles. The number of aryl methyl sites for hydroxylation is 1. The van der Waals surface area contributed by atoms with E-state index in [9.17, 15) is 0 Å². The van der Waals surface area contributed by atoms with Crippen LogP contribution in [0.5, 0.6) is 0 Å². The third-order valence-electron chi connectivity index (χ3n) is 4.28. The Hall–Kier alpha value is -1.75. The largest absolute Gasteiger partial charge is 0.301 e. The van der Waals surface area contributed by atoms with Crippen molar-refractivity contribution in [2.45, 2.75) is 45.7 Å². The second-order valence-electron chi connectivity index (χ2n) is 6.11. The van der Waals surface area contributed by atoms with Gasteiger partial charge in [0, 0.05) is 37.1 Å². The molecule has 0 radical (unpaired) electrons. The van der Waals surface area contributed by atoms with E-state index in [2.05, 4.69) is 44.7 Å². The molecule has 0 unspecified atom stereocenters. The van der Waals surface area contributed by atoms with E-state index in [1.165, 1.54) is 12.8 Å². The maximum atomic E-state index is 4.54. The highest BCUT2D eigenvalue weighted by molar-refractivity contribution is 5.55. The van der Waals surface area contributed by atoms with Gasteiger partial charge >= 0.3 is 0 Å². The van der Waals surface area contributed by atoms with Crippen molar-refractivity contribution in [2.75, 3.05) is 13.1 Å². The standard InChI is InChI=1S/C16H23N5/c1-12(2)20-6-4-15(5-7-20)21-11-14(9-19-21)16-10-17-13(3)8-18-16/h8-12,15H,4-7H2,1-3H3. The number of hydrogen-bond acceptors (Lipinski definition) is 4. The van der Waals surface area contributed by atoms with Gasteiger partial charge in [0.2, 0.25) is 0 Å². The maximum Gasteiger partial charge on any atom is 0.0916 e. The number of piperidine rings is 1. The van der Waals surface area contributed by atoms with Crippen LogP contribution in [0.1, 0.15) is 38.4 Å². The Balaban J connectivity index is 1.70. The third-order valence-corrected chi connectivity index (χ3v) is 4.28. The highest BCUT2D eigenvalue weighted by atomic mass is 15.3. The van der Waals surface area contributed by atoms with Crippen LogP contribution in [-0.2, 0) is 0 Å². The summed E-state index contributed by atoms with van der Waals surface area (Å²) in [6.45, 7) is 8.79. The summed E-state index contributed by atoms with van der Waals surface area (Å²) in [5.41, 5.74) is 2.88. The van der Waals surface area contributed by atoms with E-state index in [0.29, 0.717) is 12.1 Å². The molecule has 112 valence electrons. The Morgan fingerprint density at radius 1 is 1.10 bits per heavy atom. The minimum atomic E-state index is 0.507. The molecule has 0 saturated carbocycles. The molecule has 0 atom stereocenters. The fourth-order valence-electron chi connectivity index (χ4n) is 2.88. The minimum absolute atomic E-state index is 0.507. The van der Waals surface area contributed by atoms with Crippen LogP contribution in [0.4, 0.5) is 0 Å². The molecular formula is C16H23N5. The summed E-state index contributed by atoms with van der Waals surface area (Å²) >= 11 is 0. The van der Waals surface area contributed by atoms with E-state index in [4.69, 9.17) is 0 Å². The lowest BCUT2D eigenvalue weighted by Gasteiger charge is -2.34. The molecule has 21 heavy (non-hydrogen) atoms. The van der Waals surface area contributed by atoms with Crippen LogP contribution in [0.3, 0.4) is 0 Å². The molecule has 5 nitrogen and oxygen atoms in total. The second-order valence-corrected chi connectivity index (χ2v) is 6.11. The summed E-state index contributed by atoms with van der Waals surface area (Å²) in [6.07, 6.45) is 9.95. The van der Waals surface area contributed by atoms with Gasteiger partial charge in [-0.15, -0.1) is 0 Å². The zero-order chi connectivity index (χ0) is 14.8. The zero-order valence-corrected chi connectivity index (χ0v) is 13.0. The first kappa shape index (κ1) is 14.2. The molecule has 3 rings (SSSR count). The molecule has 0 bridgehead atoms. The highest BCUT2D eigenvalue weighted by Crippen LogP contribution is 2.25. The third kappa shape index (κ3) is 3.13. The molecule has 0 amide bonds. The molecular weight excluding hydrogens is 262 g/mol. The smallest absolute Gasteiger partial charge is 0.0916 e. The van der Waals surface area contributed by atoms with Crippen molar-refractivity contribution < 1.29 is 0 Å². The van der Waals surface area contributed by atoms with Crippen LogP contribution in [-0.4, -0.2) is 43.8 Å². The first-order chi connectivity index (χ1) is 10.1. The summed E-state index contributed by atoms with van der Waals surface area (Å²) in [5.74, 6) is 0. The average Bonchev–Trinajstić information content (AvgIpc) is 2.98. The van der Waals surface area contributed by atoms with Crippen molar-refractivity contribution in [2.24, 2.45) is 0 Å². The van der Waals surface area contributed by atoms with Crippen LogP contribution >= 0.6 is 0 Å². The fraction of sp³-hybridized carbons (Fsp3) is 0.562. The quantitative estimate of drug-likeness (QED) is 0.870. The maximum absolute atomic E-state index is 4.54. The van der Waals surface area contributed by atoms with Crippen LogP contribution in [0.15, 0.2) is 24.8 Å². The van der Waals surface area contributed by atoms with Gasteiger partial charge in [-0.25, -0.2) is 0 Å².